The maximum atomic E-state index is 13.9. The van der Waals surface area contributed by atoms with Crippen LogP contribution in [0.1, 0.15) is 15.9 Å². The highest BCUT2D eigenvalue weighted by molar-refractivity contribution is 5.88. The lowest BCUT2D eigenvalue weighted by atomic mass is 10.2. The van der Waals surface area contributed by atoms with E-state index in [1.165, 1.54) is 25.1 Å². The second kappa shape index (κ2) is 5.53. The maximum absolute atomic E-state index is 13.9. The second-order valence-corrected chi connectivity index (χ2v) is 4.06. The Morgan fingerprint density at radius 1 is 1.43 bits per heavy atom. The lowest BCUT2D eigenvalue weighted by Gasteiger charge is -2.08. The summed E-state index contributed by atoms with van der Waals surface area (Å²) in [4.78, 5) is 24.7. The first-order chi connectivity index (χ1) is 9.91. The fraction of sp³-hybridized carbons (Fsp3) is 0.0769. The minimum Gasteiger partial charge on any atom is -0.478 e. The number of halogens is 1. The molecule has 8 heteroatoms. The molecule has 2 rings (SSSR count). The summed E-state index contributed by atoms with van der Waals surface area (Å²) in [6.07, 6.45) is 1.05. The van der Waals surface area contributed by atoms with Gasteiger partial charge in [-0.1, -0.05) is 12.1 Å². The zero-order valence-electron chi connectivity index (χ0n) is 10.7. The fourth-order valence-corrected chi connectivity index (χ4v) is 1.71. The number of aryl methyl sites for hydroxylation is 1. The number of carboxylic acid groups (broad SMARTS) is 1. The number of pyridine rings is 1. The lowest BCUT2D eigenvalue weighted by molar-refractivity contribution is -0.386. The van der Waals surface area contributed by atoms with Crippen LogP contribution >= 0.6 is 0 Å². The summed E-state index contributed by atoms with van der Waals surface area (Å²) in [6.45, 7) is 1.50. The minimum atomic E-state index is -1.49. The average Bonchev–Trinajstić information content (AvgIpc) is 2.40. The topological polar surface area (TPSA) is 103 Å². The molecule has 0 saturated heterocycles. The summed E-state index contributed by atoms with van der Waals surface area (Å²) in [5.41, 5.74) is -0.637. The van der Waals surface area contributed by atoms with Gasteiger partial charge in [0.05, 0.1) is 4.92 Å². The number of aromatic carboxylic acids is 1. The Morgan fingerprint density at radius 2 is 2.14 bits per heavy atom. The van der Waals surface area contributed by atoms with Gasteiger partial charge in [-0.05, 0) is 19.1 Å². The van der Waals surface area contributed by atoms with E-state index in [0.717, 1.165) is 12.3 Å². The highest BCUT2D eigenvalue weighted by Gasteiger charge is 2.22. The summed E-state index contributed by atoms with van der Waals surface area (Å²) in [7, 11) is 0. The summed E-state index contributed by atoms with van der Waals surface area (Å²) >= 11 is 0. The van der Waals surface area contributed by atoms with Crippen LogP contribution in [0.5, 0.6) is 11.6 Å². The van der Waals surface area contributed by atoms with Crippen molar-refractivity contribution in [2.45, 2.75) is 6.92 Å². The van der Waals surface area contributed by atoms with Crippen LogP contribution in [0.3, 0.4) is 0 Å². The molecule has 0 atom stereocenters. The van der Waals surface area contributed by atoms with E-state index < -0.39 is 28.2 Å². The van der Waals surface area contributed by atoms with Crippen molar-refractivity contribution in [3.8, 4) is 11.6 Å². The Kier molecular flexibility index (Phi) is 3.79. The minimum absolute atomic E-state index is 0.214. The van der Waals surface area contributed by atoms with E-state index in [-0.39, 0.29) is 11.4 Å². The maximum Gasteiger partial charge on any atom is 0.338 e. The number of nitrogens with zero attached hydrogens (tertiary/aromatic N) is 2. The van der Waals surface area contributed by atoms with Gasteiger partial charge in [0.25, 0.3) is 5.88 Å². The molecular weight excluding hydrogens is 283 g/mol. The number of nitro benzene ring substituents is 1. The van der Waals surface area contributed by atoms with Crippen molar-refractivity contribution in [3.63, 3.8) is 0 Å². The molecule has 1 aromatic heterocycles. The highest BCUT2D eigenvalue weighted by atomic mass is 19.1. The molecule has 0 radical (unpaired) electrons. The van der Waals surface area contributed by atoms with Gasteiger partial charge in [0.15, 0.2) is 5.82 Å². The van der Waals surface area contributed by atoms with Crippen LogP contribution in [0.15, 0.2) is 30.5 Å². The molecule has 108 valence electrons. The monoisotopic (exact) mass is 292 g/mol. The van der Waals surface area contributed by atoms with Crippen molar-refractivity contribution in [2.24, 2.45) is 0 Å². The van der Waals surface area contributed by atoms with Gasteiger partial charge in [0, 0.05) is 11.8 Å². The standard InChI is InChI=1S/C13H9FN2O5/c1-7-3-2-4-9(11(7)16(19)20)21-12-10(14)8(13(17)18)5-6-15-12/h2-6H,1H3,(H,17,18). The van der Waals surface area contributed by atoms with Crippen molar-refractivity contribution in [1.82, 2.24) is 4.98 Å². The molecule has 7 nitrogen and oxygen atoms in total. The molecule has 1 heterocycles. The second-order valence-electron chi connectivity index (χ2n) is 4.06. The Morgan fingerprint density at radius 3 is 2.76 bits per heavy atom. The Labute approximate surface area is 117 Å². The van der Waals surface area contributed by atoms with Crippen molar-refractivity contribution in [1.29, 1.82) is 0 Å². The molecule has 1 N–H and O–H groups in total. The van der Waals surface area contributed by atoms with Gasteiger partial charge in [0.2, 0.25) is 5.75 Å². The molecule has 0 spiro atoms. The summed E-state index contributed by atoms with van der Waals surface area (Å²) in [6, 6.07) is 5.24. The lowest BCUT2D eigenvalue weighted by Crippen LogP contribution is -2.04. The number of aromatic nitrogens is 1. The third-order valence-corrected chi connectivity index (χ3v) is 2.68. The predicted octanol–water partition coefficient (Wildman–Crippen LogP) is 2.93. The number of rotatable bonds is 4. The smallest absolute Gasteiger partial charge is 0.338 e. The SMILES string of the molecule is Cc1cccc(Oc2nccc(C(=O)O)c2F)c1[N+](=O)[O-]. The van der Waals surface area contributed by atoms with Gasteiger partial charge < -0.3 is 9.84 Å². The molecule has 0 bridgehead atoms. The van der Waals surface area contributed by atoms with Crippen molar-refractivity contribution in [2.75, 3.05) is 0 Å². The molecule has 0 saturated carbocycles. The van der Waals surface area contributed by atoms with Gasteiger partial charge in [-0.2, -0.15) is 0 Å². The highest BCUT2D eigenvalue weighted by Crippen LogP contribution is 2.34. The van der Waals surface area contributed by atoms with E-state index in [9.17, 15) is 19.3 Å². The first kappa shape index (κ1) is 14.4. The molecule has 0 unspecified atom stereocenters. The first-order valence-electron chi connectivity index (χ1n) is 5.71. The molecule has 2 aromatic rings. The van der Waals surface area contributed by atoms with Gasteiger partial charge in [-0.15, -0.1) is 0 Å². The Balaban J connectivity index is 2.49. The van der Waals surface area contributed by atoms with E-state index >= 15 is 0 Å². The van der Waals surface area contributed by atoms with Crippen molar-refractivity contribution < 1.29 is 24.0 Å². The third kappa shape index (κ3) is 2.78. The number of ether oxygens (including phenoxy) is 1. The molecular formula is C13H9FN2O5. The quantitative estimate of drug-likeness (QED) is 0.686. The zero-order valence-corrected chi connectivity index (χ0v) is 10.7. The summed E-state index contributed by atoms with van der Waals surface area (Å²) in [5.74, 6) is -3.53. The number of carbonyl (C=O) groups is 1. The van der Waals surface area contributed by atoms with Gasteiger partial charge >= 0.3 is 11.7 Å². The molecule has 0 aliphatic heterocycles. The van der Waals surface area contributed by atoms with Crippen LogP contribution in [0, 0.1) is 22.9 Å². The van der Waals surface area contributed by atoms with Crippen LogP contribution in [0.2, 0.25) is 0 Å². The van der Waals surface area contributed by atoms with Crippen LogP contribution in [0.4, 0.5) is 10.1 Å². The predicted molar refractivity (Wildman–Crippen MR) is 69.1 cm³/mol. The number of hydrogen-bond donors (Lipinski definition) is 1. The van der Waals surface area contributed by atoms with Crippen LogP contribution in [-0.2, 0) is 0 Å². The molecule has 1 aromatic carbocycles. The number of nitro groups is 1. The third-order valence-electron chi connectivity index (χ3n) is 2.68. The molecule has 0 amide bonds. The average molecular weight is 292 g/mol. The Hall–Kier alpha value is -3.03. The van der Waals surface area contributed by atoms with Crippen LogP contribution in [-0.4, -0.2) is 21.0 Å². The number of benzene rings is 1. The molecule has 21 heavy (non-hydrogen) atoms. The van der Waals surface area contributed by atoms with Gasteiger partial charge in [-0.25, -0.2) is 14.2 Å². The van der Waals surface area contributed by atoms with Gasteiger partial charge in [-0.3, -0.25) is 10.1 Å². The van der Waals surface area contributed by atoms with Crippen LogP contribution in [0.25, 0.3) is 0 Å². The van der Waals surface area contributed by atoms with E-state index in [0.29, 0.717) is 5.56 Å². The number of carboxylic acids is 1. The fourth-order valence-electron chi connectivity index (χ4n) is 1.71. The first-order valence-corrected chi connectivity index (χ1v) is 5.71. The number of hydrogen-bond acceptors (Lipinski definition) is 5. The summed E-state index contributed by atoms with van der Waals surface area (Å²) in [5, 5.41) is 19.8. The largest absolute Gasteiger partial charge is 0.478 e. The van der Waals surface area contributed by atoms with E-state index in [1.54, 1.807) is 0 Å². The normalized spacial score (nSPS) is 10.2. The Bertz CT molecular complexity index is 732. The van der Waals surface area contributed by atoms with Gasteiger partial charge in [0.1, 0.15) is 5.56 Å². The molecule has 0 aliphatic carbocycles. The van der Waals surface area contributed by atoms with Crippen molar-refractivity contribution >= 4 is 11.7 Å². The number of para-hydroxylation sites is 1. The van der Waals surface area contributed by atoms with E-state index in [4.69, 9.17) is 9.84 Å². The van der Waals surface area contributed by atoms with E-state index in [2.05, 4.69) is 4.98 Å². The zero-order chi connectivity index (χ0) is 15.6. The van der Waals surface area contributed by atoms with Crippen molar-refractivity contribution in [3.05, 3.63) is 57.5 Å². The van der Waals surface area contributed by atoms with E-state index in [1.807, 2.05) is 0 Å². The molecule has 0 fully saturated rings. The van der Waals surface area contributed by atoms with Crippen LogP contribution < -0.4 is 4.74 Å². The molecule has 0 aliphatic rings. The summed E-state index contributed by atoms with van der Waals surface area (Å²) < 4.78 is 19.0.